The van der Waals surface area contributed by atoms with Gasteiger partial charge in [-0.2, -0.15) is 0 Å². The molecule has 2 aliphatic rings. The zero-order valence-corrected chi connectivity index (χ0v) is 15.1. The highest BCUT2D eigenvalue weighted by molar-refractivity contribution is 6.62. The summed E-state index contributed by atoms with van der Waals surface area (Å²) in [6.45, 7) is 10.5. The molecule has 2 fully saturated rings. The maximum absolute atomic E-state index is 6.15. The van der Waals surface area contributed by atoms with Crippen molar-refractivity contribution in [3.05, 3.63) is 24.0 Å². The van der Waals surface area contributed by atoms with Crippen molar-refractivity contribution in [2.45, 2.75) is 70.7 Å². The van der Waals surface area contributed by atoms with Gasteiger partial charge in [0, 0.05) is 6.04 Å². The smallest absolute Gasteiger partial charge is 0.399 e. The largest absolute Gasteiger partial charge is 0.494 e. The Kier molecular flexibility index (Phi) is 3.57. The first kappa shape index (κ1) is 16.1. The van der Waals surface area contributed by atoms with Crippen LogP contribution in [-0.4, -0.2) is 34.3 Å². The van der Waals surface area contributed by atoms with E-state index in [4.69, 9.17) is 14.3 Å². The van der Waals surface area contributed by atoms with Crippen molar-refractivity contribution in [1.82, 2.24) is 15.3 Å². The lowest BCUT2D eigenvalue weighted by Crippen LogP contribution is -2.41. The molecule has 1 aromatic carbocycles. The van der Waals surface area contributed by atoms with Gasteiger partial charge in [0.15, 0.2) is 0 Å². The third-order valence-electron chi connectivity index (χ3n) is 5.75. The van der Waals surface area contributed by atoms with Crippen molar-refractivity contribution in [2.75, 3.05) is 0 Å². The maximum Gasteiger partial charge on any atom is 0.494 e. The molecule has 2 atom stereocenters. The number of hydrogen-bond donors (Lipinski definition) is 2. The van der Waals surface area contributed by atoms with Gasteiger partial charge in [-0.05, 0) is 65.1 Å². The number of imidazole rings is 1. The summed E-state index contributed by atoms with van der Waals surface area (Å²) in [6.07, 6.45) is 2.33. The first-order chi connectivity index (χ1) is 11.2. The van der Waals surface area contributed by atoms with E-state index in [9.17, 15) is 0 Å². The highest BCUT2D eigenvalue weighted by Crippen LogP contribution is 2.36. The van der Waals surface area contributed by atoms with Gasteiger partial charge < -0.3 is 19.6 Å². The number of H-pyrrole nitrogens is 1. The topological polar surface area (TPSA) is 59.2 Å². The van der Waals surface area contributed by atoms with E-state index in [1.54, 1.807) is 0 Å². The van der Waals surface area contributed by atoms with Crippen LogP contribution >= 0.6 is 0 Å². The van der Waals surface area contributed by atoms with Crippen LogP contribution in [-0.2, 0) is 9.31 Å². The van der Waals surface area contributed by atoms with Crippen LogP contribution < -0.4 is 10.8 Å². The molecule has 2 aromatic rings. The molecule has 5 nitrogen and oxygen atoms in total. The van der Waals surface area contributed by atoms with Crippen molar-refractivity contribution in [3.8, 4) is 0 Å². The average Bonchev–Trinajstić information content (AvgIpc) is 3.15. The number of fused-ring (bicyclic) bond motifs is 1. The van der Waals surface area contributed by atoms with E-state index >= 15 is 0 Å². The quantitative estimate of drug-likeness (QED) is 0.833. The summed E-state index contributed by atoms with van der Waals surface area (Å²) in [5.74, 6) is 1.03. The van der Waals surface area contributed by atoms with Crippen LogP contribution in [0.3, 0.4) is 0 Å². The fraction of sp³-hybridized carbons (Fsp3) is 0.611. The molecule has 128 valence electrons. The Morgan fingerprint density at radius 1 is 1.12 bits per heavy atom. The van der Waals surface area contributed by atoms with Gasteiger partial charge in [-0.1, -0.05) is 6.07 Å². The first-order valence-electron chi connectivity index (χ1n) is 8.86. The number of aromatic nitrogens is 2. The molecular formula is C18H26BN3O2. The third kappa shape index (κ3) is 2.57. The van der Waals surface area contributed by atoms with E-state index in [-0.39, 0.29) is 18.3 Å². The Morgan fingerprint density at radius 2 is 1.83 bits per heavy atom. The molecule has 2 N–H and O–H groups in total. The monoisotopic (exact) mass is 327 g/mol. The Hall–Kier alpha value is -1.37. The van der Waals surface area contributed by atoms with Gasteiger partial charge in [0.2, 0.25) is 0 Å². The van der Waals surface area contributed by atoms with Crippen molar-refractivity contribution in [2.24, 2.45) is 0 Å². The van der Waals surface area contributed by atoms with Crippen LogP contribution in [0.1, 0.15) is 59.3 Å². The van der Waals surface area contributed by atoms with Gasteiger partial charge in [0.1, 0.15) is 5.82 Å². The summed E-state index contributed by atoms with van der Waals surface area (Å²) in [5, 5.41) is 3.58. The van der Waals surface area contributed by atoms with E-state index in [0.717, 1.165) is 28.7 Å². The maximum atomic E-state index is 6.15. The van der Waals surface area contributed by atoms with Gasteiger partial charge in [-0.25, -0.2) is 4.98 Å². The second-order valence-corrected chi connectivity index (χ2v) is 8.18. The molecule has 1 aromatic heterocycles. The van der Waals surface area contributed by atoms with Crippen LogP contribution in [0.2, 0.25) is 0 Å². The van der Waals surface area contributed by atoms with Gasteiger partial charge >= 0.3 is 7.12 Å². The van der Waals surface area contributed by atoms with Crippen LogP contribution in [0.25, 0.3) is 11.0 Å². The molecule has 6 heteroatoms. The van der Waals surface area contributed by atoms with Gasteiger partial charge in [0.25, 0.3) is 0 Å². The fourth-order valence-corrected chi connectivity index (χ4v) is 3.48. The van der Waals surface area contributed by atoms with Crippen LogP contribution in [0.5, 0.6) is 0 Å². The Labute approximate surface area is 143 Å². The Balaban J connectivity index is 1.62. The minimum absolute atomic E-state index is 0.324. The normalized spacial score (nSPS) is 28.8. The molecule has 24 heavy (non-hydrogen) atoms. The highest BCUT2D eigenvalue weighted by atomic mass is 16.7. The first-order valence-corrected chi connectivity index (χ1v) is 8.86. The number of nitrogens with one attached hydrogen (secondary N) is 2. The second kappa shape index (κ2) is 5.31. The van der Waals surface area contributed by atoms with Crippen molar-refractivity contribution in [1.29, 1.82) is 0 Å². The molecule has 0 aliphatic carbocycles. The van der Waals surface area contributed by atoms with E-state index in [1.165, 1.54) is 6.42 Å². The van der Waals surface area contributed by atoms with Crippen LogP contribution in [0.15, 0.2) is 18.2 Å². The standard InChI is InChI=1S/C18H26BN3O2/c1-11-6-8-14(20-11)16-21-13-9-7-12(10-15(13)22-16)19-23-17(2,3)18(4,5)24-19/h7,9-11,14,20H,6,8H2,1-5H3,(H,21,22). The number of nitrogens with zero attached hydrogens (tertiary/aromatic N) is 1. The highest BCUT2D eigenvalue weighted by Gasteiger charge is 2.51. The molecule has 0 bridgehead atoms. The SMILES string of the molecule is CC1CCC(c2nc3ccc(B4OC(C)(C)C(C)(C)O4)cc3[nH]2)N1. The lowest BCUT2D eigenvalue weighted by atomic mass is 9.79. The third-order valence-corrected chi connectivity index (χ3v) is 5.75. The molecule has 0 saturated carbocycles. The van der Waals surface area contributed by atoms with Crippen molar-refractivity contribution >= 4 is 23.6 Å². The lowest BCUT2D eigenvalue weighted by Gasteiger charge is -2.32. The molecule has 2 unspecified atom stereocenters. The van der Waals surface area contributed by atoms with Gasteiger partial charge in [-0.3, -0.25) is 0 Å². The summed E-state index contributed by atoms with van der Waals surface area (Å²) >= 11 is 0. The summed E-state index contributed by atoms with van der Waals surface area (Å²) in [4.78, 5) is 8.23. The molecule has 4 rings (SSSR count). The molecule has 0 radical (unpaired) electrons. The van der Waals surface area contributed by atoms with Crippen LogP contribution in [0, 0.1) is 0 Å². The number of hydrogen-bond acceptors (Lipinski definition) is 4. The number of aromatic amines is 1. The Morgan fingerprint density at radius 3 is 2.46 bits per heavy atom. The second-order valence-electron chi connectivity index (χ2n) is 8.18. The summed E-state index contributed by atoms with van der Waals surface area (Å²) in [5.41, 5.74) is 2.42. The predicted octanol–water partition coefficient (Wildman–Crippen LogP) is 2.68. The number of rotatable bonds is 2. The molecule has 2 saturated heterocycles. The van der Waals surface area contributed by atoms with Crippen molar-refractivity contribution in [3.63, 3.8) is 0 Å². The fourth-order valence-electron chi connectivity index (χ4n) is 3.48. The van der Waals surface area contributed by atoms with Gasteiger partial charge in [-0.15, -0.1) is 0 Å². The average molecular weight is 327 g/mol. The van der Waals surface area contributed by atoms with E-state index in [1.807, 2.05) is 6.07 Å². The van der Waals surface area contributed by atoms with Crippen LogP contribution in [0.4, 0.5) is 0 Å². The molecular weight excluding hydrogens is 301 g/mol. The zero-order valence-electron chi connectivity index (χ0n) is 15.1. The summed E-state index contributed by atoms with van der Waals surface area (Å²) in [6, 6.07) is 7.09. The Bertz CT molecular complexity index is 755. The van der Waals surface area contributed by atoms with E-state index in [0.29, 0.717) is 12.1 Å². The molecule has 3 heterocycles. The van der Waals surface area contributed by atoms with Gasteiger partial charge in [0.05, 0.1) is 28.3 Å². The molecule has 2 aliphatic heterocycles. The van der Waals surface area contributed by atoms with E-state index in [2.05, 4.69) is 57.1 Å². The minimum Gasteiger partial charge on any atom is -0.399 e. The van der Waals surface area contributed by atoms with Crippen molar-refractivity contribution < 1.29 is 9.31 Å². The van der Waals surface area contributed by atoms with E-state index < -0.39 is 0 Å². The minimum atomic E-state index is -0.337. The zero-order chi connectivity index (χ0) is 17.1. The molecule has 0 amide bonds. The molecule has 0 spiro atoms. The summed E-state index contributed by atoms with van der Waals surface area (Å²) < 4.78 is 12.3. The predicted molar refractivity (Wildman–Crippen MR) is 96.4 cm³/mol. The summed E-state index contributed by atoms with van der Waals surface area (Å²) in [7, 11) is -0.337. The number of benzene rings is 1. The lowest BCUT2D eigenvalue weighted by molar-refractivity contribution is 0.00578.